The van der Waals surface area contributed by atoms with Gasteiger partial charge in [0.2, 0.25) is 17.7 Å². The normalized spacial score (nSPS) is 17.8. The van der Waals surface area contributed by atoms with Crippen molar-refractivity contribution in [3.8, 4) is 11.6 Å². The largest absolute Gasteiger partial charge is 0.528 e. The van der Waals surface area contributed by atoms with E-state index >= 15 is 0 Å². The summed E-state index contributed by atoms with van der Waals surface area (Å²) in [5.41, 5.74) is 1.20. The number of hydrogen-bond acceptors (Lipinski definition) is 11. The van der Waals surface area contributed by atoms with Crippen LogP contribution in [0.1, 0.15) is 61.0 Å². The third-order valence-electron chi connectivity index (χ3n) is 9.78. The van der Waals surface area contributed by atoms with Crippen LogP contribution in [0.4, 0.5) is 4.79 Å². The van der Waals surface area contributed by atoms with Gasteiger partial charge in [0.25, 0.3) is 11.8 Å². The van der Waals surface area contributed by atoms with Gasteiger partial charge < -0.3 is 39.9 Å². The third-order valence-corrected chi connectivity index (χ3v) is 9.78. The zero-order valence-corrected chi connectivity index (χ0v) is 30.3. The molecule has 0 spiro atoms. The Balaban J connectivity index is 1.07. The number of amides is 4. The molecule has 2 aromatic carbocycles. The Morgan fingerprint density at radius 2 is 1.58 bits per heavy atom. The molecule has 2 atom stereocenters. The lowest BCUT2D eigenvalue weighted by molar-refractivity contribution is -0.158. The third kappa shape index (κ3) is 10.4. The fraction of sp³-hybridized carbons (Fsp3) is 0.447. The standard InChI is InChI=1S/C38H45N7O10/c46-32(44-18-8-15-31(44)36(50)39-27-11-7-12-27)25-53-33-23-30(41-45(33)28-13-5-2-6-14-28)35(49)40-29(16-17-34(47)48)37(51)42-19-21-43(22-20-42)55-38(52)54-24-26-9-3-1-4-10-26/h1-6,9-10,13-14,23,27,29,31H,7-8,11-12,15-22,24-25H2,(H,39,50)(H,40,49)(H,47,48)/t29-,31-/m0/s1. The first-order valence-corrected chi connectivity index (χ1v) is 18.5. The topological polar surface area (TPSA) is 202 Å². The summed E-state index contributed by atoms with van der Waals surface area (Å²) in [4.78, 5) is 85.5. The van der Waals surface area contributed by atoms with Crippen molar-refractivity contribution < 1.29 is 48.2 Å². The molecule has 0 bridgehead atoms. The number of nitrogens with one attached hydrogen (secondary N) is 2. The highest BCUT2D eigenvalue weighted by Gasteiger charge is 2.36. The van der Waals surface area contributed by atoms with Crippen LogP contribution in [0.25, 0.3) is 5.69 Å². The quantitative estimate of drug-likeness (QED) is 0.191. The summed E-state index contributed by atoms with van der Waals surface area (Å²) in [6.07, 6.45) is 2.73. The molecule has 3 aliphatic rings. The Morgan fingerprint density at radius 1 is 0.873 bits per heavy atom. The molecule has 3 aromatic rings. The minimum absolute atomic E-state index is 0.0395. The predicted molar refractivity (Wildman–Crippen MR) is 194 cm³/mol. The van der Waals surface area contributed by atoms with Crippen molar-refractivity contribution in [3.63, 3.8) is 0 Å². The Morgan fingerprint density at radius 3 is 2.25 bits per heavy atom. The minimum Gasteiger partial charge on any atom is -0.481 e. The molecule has 3 fully saturated rings. The number of para-hydroxylation sites is 1. The maximum atomic E-state index is 13.7. The van der Waals surface area contributed by atoms with Gasteiger partial charge in [-0.15, -0.1) is 5.06 Å². The lowest BCUT2D eigenvalue weighted by atomic mass is 9.93. The monoisotopic (exact) mass is 759 g/mol. The molecule has 2 saturated heterocycles. The van der Waals surface area contributed by atoms with Crippen molar-refractivity contribution >= 4 is 35.8 Å². The predicted octanol–water partition coefficient (Wildman–Crippen LogP) is 2.29. The summed E-state index contributed by atoms with van der Waals surface area (Å²) in [6, 6.07) is 17.6. The first-order chi connectivity index (χ1) is 26.6. The Bertz CT molecular complexity index is 1830. The molecule has 0 radical (unpaired) electrons. The van der Waals surface area contributed by atoms with Crippen molar-refractivity contribution in [1.29, 1.82) is 0 Å². The number of carboxylic acid groups (broad SMARTS) is 1. The molecular formula is C38H45N7O10. The second-order valence-corrected chi connectivity index (χ2v) is 13.6. The van der Waals surface area contributed by atoms with Crippen LogP contribution in [0.15, 0.2) is 66.7 Å². The molecule has 292 valence electrons. The number of hydroxylamine groups is 2. The highest BCUT2D eigenvalue weighted by atomic mass is 16.8. The molecule has 3 heterocycles. The molecule has 4 amide bonds. The van der Waals surface area contributed by atoms with Gasteiger partial charge in [0.15, 0.2) is 12.3 Å². The van der Waals surface area contributed by atoms with Gasteiger partial charge in [0, 0.05) is 38.2 Å². The average Bonchev–Trinajstić information content (AvgIpc) is 3.85. The van der Waals surface area contributed by atoms with E-state index in [1.807, 2.05) is 30.3 Å². The number of hydrogen-bond donors (Lipinski definition) is 3. The molecule has 6 rings (SSSR count). The number of nitrogens with zero attached hydrogens (tertiary/aromatic N) is 5. The van der Waals surface area contributed by atoms with E-state index in [1.54, 1.807) is 30.3 Å². The summed E-state index contributed by atoms with van der Waals surface area (Å²) in [7, 11) is 0. The van der Waals surface area contributed by atoms with Crippen LogP contribution in [0.5, 0.6) is 5.88 Å². The number of carboxylic acids is 1. The van der Waals surface area contributed by atoms with Crippen molar-refractivity contribution in [1.82, 2.24) is 35.3 Å². The van der Waals surface area contributed by atoms with E-state index in [0.29, 0.717) is 25.1 Å². The summed E-state index contributed by atoms with van der Waals surface area (Å²) < 4.78 is 12.5. The van der Waals surface area contributed by atoms with Crippen LogP contribution < -0.4 is 15.4 Å². The van der Waals surface area contributed by atoms with E-state index in [1.165, 1.54) is 25.6 Å². The van der Waals surface area contributed by atoms with Crippen molar-refractivity contribution in [2.75, 3.05) is 39.3 Å². The lowest BCUT2D eigenvalue weighted by Gasteiger charge is -2.35. The molecule has 55 heavy (non-hydrogen) atoms. The Labute approximate surface area is 317 Å². The van der Waals surface area contributed by atoms with E-state index in [0.717, 1.165) is 24.8 Å². The fourth-order valence-corrected chi connectivity index (χ4v) is 6.56. The molecule has 1 aliphatic carbocycles. The van der Waals surface area contributed by atoms with E-state index in [4.69, 9.17) is 14.3 Å². The van der Waals surface area contributed by atoms with Gasteiger partial charge in [0.05, 0.1) is 18.8 Å². The van der Waals surface area contributed by atoms with Crippen LogP contribution in [0.3, 0.4) is 0 Å². The number of carbonyl (C=O) groups excluding carboxylic acids is 5. The summed E-state index contributed by atoms with van der Waals surface area (Å²) in [5, 5.41) is 20.9. The van der Waals surface area contributed by atoms with Crippen LogP contribution in [0.2, 0.25) is 0 Å². The highest BCUT2D eigenvalue weighted by Crippen LogP contribution is 2.24. The maximum Gasteiger partial charge on any atom is 0.528 e. The number of likely N-dealkylation sites (tertiary alicyclic amines) is 1. The first-order valence-electron chi connectivity index (χ1n) is 18.5. The number of carbonyl (C=O) groups is 6. The Hall–Kier alpha value is -5.97. The zero-order valence-electron chi connectivity index (χ0n) is 30.3. The molecular weight excluding hydrogens is 714 g/mol. The number of aromatic nitrogens is 2. The van der Waals surface area contributed by atoms with E-state index < -0.39 is 49.1 Å². The van der Waals surface area contributed by atoms with Gasteiger partial charge in [-0.25, -0.2) is 9.48 Å². The van der Waals surface area contributed by atoms with E-state index in [9.17, 15) is 33.9 Å². The van der Waals surface area contributed by atoms with Crippen LogP contribution >= 0.6 is 0 Å². The fourth-order valence-electron chi connectivity index (χ4n) is 6.56. The number of piperazine rings is 1. The molecule has 2 aliphatic heterocycles. The summed E-state index contributed by atoms with van der Waals surface area (Å²) in [5.74, 6) is -2.88. The van der Waals surface area contributed by atoms with Crippen molar-refractivity contribution in [2.45, 2.75) is 69.7 Å². The smallest absolute Gasteiger partial charge is 0.481 e. The van der Waals surface area contributed by atoms with E-state index in [-0.39, 0.29) is 68.6 Å². The number of rotatable bonds is 15. The van der Waals surface area contributed by atoms with Gasteiger partial charge >= 0.3 is 12.1 Å². The highest BCUT2D eigenvalue weighted by molar-refractivity contribution is 5.96. The molecule has 17 heteroatoms. The summed E-state index contributed by atoms with van der Waals surface area (Å²) >= 11 is 0. The molecule has 3 N–H and O–H groups in total. The summed E-state index contributed by atoms with van der Waals surface area (Å²) in [6.45, 7) is 0.653. The first kappa shape index (κ1) is 38.7. The van der Waals surface area contributed by atoms with E-state index in [2.05, 4.69) is 15.7 Å². The van der Waals surface area contributed by atoms with Crippen LogP contribution in [0, 0.1) is 0 Å². The minimum atomic E-state index is -1.21. The Kier molecular flexibility index (Phi) is 12.9. The zero-order chi connectivity index (χ0) is 38.7. The number of benzene rings is 2. The molecule has 17 nitrogen and oxygen atoms in total. The molecule has 1 aromatic heterocycles. The lowest BCUT2D eigenvalue weighted by Crippen LogP contribution is -2.55. The molecule has 0 unspecified atom stereocenters. The van der Waals surface area contributed by atoms with Gasteiger partial charge in [-0.3, -0.25) is 24.0 Å². The van der Waals surface area contributed by atoms with Gasteiger partial charge in [-0.05, 0) is 56.2 Å². The van der Waals surface area contributed by atoms with Gasteiger partial charge in [-0.1, -0.05) is 48.5 Å². The number of aliphatic carboxylic acids is 1. The molecule has 1 saturated carbocycles. The maximum absolute atomic E-state index is 13.7. The number of ether oxygens (including phenoxy) is 2. The SMILES string of the molecule is O=C(O)CC[C@H](NC(=O)c1cc(OCC(=O)N2CCC[C@H]2C(=O)NC2CCC2)n(-c2ccccc2)n1)C(=O)N1CCN(OC(=O)OCc2ccccc2)CC1. The van der Waals surface area contributed by atoms with Crippen molar-refractivity contribution in [3.05, 3.63) is 78.0 Å². The van der Waals surface area contributed by atoms with Gasteiger partial charge in [-0.2, -0.15) is 5.10 Å². The van der Waals surface area contributed by atoms with Gasteiger partial charge in [0.1, 0.15) is 18.7 Å². The average molecular weight is 760 g/mol. The second kappa shape index (κ2) is 18.4. The van der Waals surface area contributed by atoms with Crippen molar-refractivity contribution in [2.24, 2.45) is 0 Å². The van der Waals surface area contributed by atoms with Crippen LogP contribution in [-0.4, -0.2) is 123 Å². The second-order valence-electron chi connectivity index (χ2n) is 13.6. The van der Waals surface area contributed by atoms with Crippen LogP contribution in [-0.2, 0) is 35.4 Å².